The number of likely N-dealkylation sites (tertiary alicyclic amines) is 1. The molecule has 2 aromatic rings. The van der Waals surface area contributed by atoms with Crippen LogP contribution in [0.25, 0.3) is 11.1 Å². The SMILES string of the molecule is CCNC(=O)[C@]1(Cc2ccccc2-c2cncnc2)CCCN(C(=O)[C@@H]2C[C@@H]2C)C1. The standard InChI is InChI=1S/C24H30N4O2/c1-3-27-23(30)24(9-6-10-28(15-24)22(29)21-11-17(21)2)12-18-7-4-5-8-20(18)19-13-25-16-26-14-19/h4-5,7-8,13-14,16-17,21H,3,6,9-12,15H2,1-2H3,(H,27,30)/t17-,21+,24-/m0/s1. The fourth-order valence-electron chi connectivity index (χ4n) is 4.74. The van der Waals surface area contributed by atoms with E-state index in [0.717, 1.165) is 42.5 Å². The lowest BCUT2D eigenvalue weighted by molar-refractivity contribution is -0.142. The smallest absolute Gasteiger partial charge is 0.228 e. The minimum absolute atomic E-state index is 0.0467. The predicted octanol–water partition coefficient (Wildman–Crippen LogP) is 3.09. The molecule has 6 nitrogen and oxygen atoms in total. The molecular weight excluding hydrogens is 376 g/mol. The maximum atomic E-state index is 13.3. The zero-order valence-electron chi connectivity index (χ0n) is 17.8. The molecule has 1 aromatic heterocycles. The van der Waals surface area contributed by atoms with Crippen LogP contribution in [0.1, 0.15) is 38.7 Å². The van der Waals surface area contributed by atoms with Crippen molar-refractivity contribution in [3.8, 4) is 11.1 Å². The molecule has 3 atom stereocenters. The first-order valence-electron chi connectivity index (χ1n) is 10.9. The van der Waals surface area contributed by atoms with Crippen LogP contribution in [-0.2, 0) is 16.0 Å². The molecule has 0 unspecified atom stereocenters. The van der Waals surface area contributed by atoms with Crippen molar-refractivity contribution >= 4 is 11.8 Å². The third kappa shape index (κ3) is 4.09. The van der Waals surface area contributed by atoms with Gasteiger partial charge in [0.1, 0.15) is 6.33 Å². The largest absolute Gasteiger partial charge is 0.356 e. The van der Waals surface area contributed by atoms with E-state index in [1.54, 1.807) is 12.4 Å². The van der Waals surface area contributed by atoms with Crippen molar-refractivity contribution in [2.24, 2.45) is 17.3 Å². The Bertz CT molecular complexity index is 916. The molecule has 2 fully saturated rings. The number of hydrogen-bond donors (Lipinski definition) is 1. The first-order chi connectivity index (χ1) is 14.5. The van der Waals surface area contributed by atoms with Gasteiger partial charge in [0.25, 0.3) is 0 Å². The summed E-state index contributed by atoms with van der Waals surface area (Å²) >= 11 is 0. The minimum Gasteiger partial charge on any atom is -0.356 e. The average molecular weight is 407 g/mol. The van der Waals surface area contributed by atoms with Crippen molar-refractivity contribution in [1.29, 1.82) is 0 Å². The van der Waals surface area contributed by atoms with Crippen LogP contribution < -0.4 is 5.32 Å². The summed E-state index contributed by atoms with van der Waals surface area (Å²) in [6, 6.07) is 8.13. The number of aromatic nitrogens is 2. The Kier molecular flexibility index (Phi) is 5.84. The Morgan fingerprint density at radius 3 is 2.67 bits per heavy atom. The van der Waals surface area contributed by atoms with Crippen LogP contribution in [0.2, 0.25) is 0 Å². The second-order valence-corrected chi connectivity index (χ2v) is 8.78. The van der Waals surface area contributed by atoms with Crippen molar-refractivity contribution in [3.63, 3.8) is 0 Å². The molecule has 0 radical (unpaired) electrons. The zero-order chi connectivity index (χ0) is 21.1. The Morgan fingerprint density at radius 1 is 1.23 bits per heavy atom. The van der Waals surface area contributed by atoms with E-state index in [4.69, 9.17) is 0 Å². The second-order valence-electron chi connectivity index (χ2n) is 8.78. The topological polar surface area (TPSA) is 75.2 Å². The van der Waals surface area contributed by atoms with Gasteiger partial charge in [-0.25, -0.2) is 9.97 Å². The highest BCUT2D eigenvalue weighted by Gasteiger charge is 2.47. The quantitative estimate of drug-likeness (QED) is 0.800. The van der Waals surface area contributed by atoms with Crippen LogP contribution >= 0.6 is 0 Å². The number of amides is 2. The number of piperidine rings is 1. The number of carbonyl (C=O) groups is 2. The number of nitrogens with zero attached hydrogens (tertiary/aromatic N) is 3. The molecule has 1 aliphatic heterocycles. The predicted molar refractivity (Wildman–Crippen MR) is 115 cm³/mol. The summed E-state index contributed by atoms with van der Waals surface area (Å²) in [5.41, 5.74) is 2.46. The zero-order valence-corrected chi connectivity index (χ0v) is 17.8. The van der Waals surface area contributed by atoms with Crippen LogP contribution in [0.5, 0.6) is 0 Å². The number of carbonyl (C=O) groups excluding carboxylic acids is 2. The number of rotatable bonds is 6. The highest BCUT2D eigenvalue weighted by atomic mass is 16.2. The highest BCUT2D eigenvalue weighted by molar-refractivity contribution is 5.86. The lowest BCUT2D eigenvalue weighted by Crippen LogP contribution is -2.54. The van der Waals surface area contributed by atoms with Crippen LogP contribution in [-0.4, -0.2) is 46.3 Å². The van der Waals surface area contributed by atoms with Crippen LogP contribution in [0, 0.1) is 17.3 Å². The molecule has 158 valence electrons. The van der Waals surface area contributed by atoms with Gasteiger partial charge in [0, 0.05) is 43.5 Å². The summed E-state index contributed by atoms with van der Waals surface area (Å²) in [6.45, 7) is 5.89. The van der Waals surface area contributed by atoms with E-state index in [1.165, 1.54) is 6.33 Å². The number of nitrogens with one attached hydrogen (secondary N) is 1. The van der Waals surface area contributed by atoms with Gasteiger partial charge in [0.15, 0.2) is 0 Å². The van der Waals surface area contributed by atoms with Crippen molar-refractivity contribution in [1.82, 2.24) is 20.2 Å². The highest BCUT2D eigenvalue weighted by Crippen LogP contribution is 2.42. The molecule has 2 heterocycles. The Hall–Kier alpha value is -2.76. The van der Waals surface area contributed by atoms with Crippen LogP contribution in [0.15, 0.2) is 43.0 Å². The van der Waals surface area contributed by atoms with Crippen molar-refractivity contribution in [2.75, 3.05) is 19.6 Å². The normalized spacial score (nSPS) is 25.6. The summed E-state index contributed by atoms with van der Waals surface area (Å²) in [5.74, 6) is 0.881. The first-order valence-corrected chi connectivity index (χ1v) is 10.9. The van der Waals surface area contributed by atoms with Gasteiger partial charge in [-0.2, -0.15) is 0 Å². The Balaban J connectivity index is 1.65. The van der Waals surface area contributed by atoms with Gasteiger partial charge >= 0.3 is 0 Å². The van der Waals surface area contributed by atoms with Gasteiger partial charge < -0.3 is 10.2 Å². The van der Waals surface area contributed by atoms with E-state index in [1.807, 2.05) is 24.0 Å². The lowest BCUT2D eigenvalue weighted by atomic mass is 9.73. The molecule has 1 saturated carbocycles. The average Bonchev–Trinajstić information content (AvgIpc) is 3.51. The molecule has 30 heavy (non-hydrogen) atoms. The molecule has 0 bridgehead atoms. The first kappa shape index (κ1) is 20.5. The summed E-state index contributed by atoms with van der Waals surface area (Å²) in [7, 11) is 0. The molecule has 1 aromatic carbocycles. The van der Waals surface area contributed by atoms with Gasteiger partial charge in [-0.3, -0.25) is 9.59 Å². The minimum atomic E-state index is -0.617. The molecule has 1 N–H and O–H groups in total. The van der Waals surface area contributed by atoms with E-state index in [0.29, 0.717) is 25.4 Å². The van der Waals surface area contributed by atoms with Crippen molar-refractivity contribution < 1.29 is 9.59 Å². The summed E-state index contributed by atoms with van der Waals surface area (Å²) in [5, 5.41) is 3.05. The maximum absolute atomic E-state index is 13.3. The van der Waals surface area contributed by atoms with Crippen molar-refractivity contribution in [2.45, 2.75) is 39.5 Å². The van der Waals surface area contributed by atoms with E-state index in [-0.39, 0.29) is 17.7 Å². The van der Waals surface area contributed by atoms with Gasteiger partial charge in [-0.15, -0.1) is 0 Å². The molecule has 0 spiro atoms. The van der Waals surface area contributed by atoms with Gasteiger partial charge in [-0.05, 0) is 49.7 Å². The molecule has 2 amide bonds. The number of benzene rings is 1. The summed E-state index contributed by atoms with van der Waals surface area (Å²) < 4.78 is 0. The Morgan fingerprint density at radius 2 is 1.97 bits per heavy atom. The van der Waals surface area contributed by atoms with E-state index >= 15 is 0 Å². The fourth-order valence-corrected chi connectivity index (χ4v) is 4.74. The molecule has 1 aliphatic carbocycles. The fraction of sp³-hybridized carbons (Fsp3) is 0.500. The van der Waals surface area contributed by atoms with E-state index in [2.05, 4.69) is 34.3 Å². The van der Waals surface area contributed by atoms with E-state index in [9.17, 15) is 9.59 Å². The third-order valence-electron chi connectivity index (χ3n) is 6.55. The van der Waals surface area contributed by atoms with Gasteiger partial charge in [-0.1, -0.05) is 31.2 Å². The maximum Gasteiger partial charge on any atom is 0.228 e. The third-order valence-corrected chi connectivity index (χ3v) is 6.55. The Labute approximate surface area is 178 Å². The molecular formula is C24H30N4O2. The molecule has 1 saturated heterocycles. The van der Waals surface area contributed by atoms with E-state index < -0.39 is 5.41 Å². The lowest BCUT2D eigenvalue weighted by Gasteiger charge is -2.42. The summed E-state index contributed by atoms with van der Waals surface area (Å²) in [4.78, 5) is 36.5. The molecule has 6 heteroatoms. The second kappa shape index (κ2) is 8.54. The van der Waals surface area contributed by atoms with Crippen LogP contribution in [0.4, 0.5) is 0 Å². The monoisotopic (exact) mass is 406 g/mol. The van der Waals surface area contributed by atoms with Gasteiger partial charge in [0.05, 0.1) is 5.41 Å². The summed E-state index contributed by atoms with van der Waals surface area (Å²) in [6.07, 6.45) is 8.31. The molecule has 4 rings (SSSR count). The number of hydrogen-bond acceptors (Lipinski definition) is 4. The van der Waals surface area contributed by atoms with Gasteiger partial charge in [0.2, 0.25) is 11.8 Å². The van der Waals surface area contributed by atoms with Crippen molar-refractivity contribution in [3.05, 3.63) is 48.5 Å². The van der Waals surface area contributed by atoms with Crippen LogP contribution in [0.3, 0.4) is 0 Å². The molecule has 2 aliphatic rings.